The number of hydrogen-bond acceptors (Lipinski definition) is 2. The molecule has 0 bridgehead atoms. The normalized spacial score (nSPS) is 17.1. The monoisotopic (exact) mass is 287 g/mol. The van der Waals surface area contributed by atoms with Crippen molar-refractivity contribution in [1.82, 2.24) is 0 Å². The number of benzene rings is 1. The fraction of sp³-hybridized carbons (Fsp3) is 0.600. The van der Waals surface area contributed by atoms with E-state index in [1.54, 1.807) is 0 Å². The molecular weight excluding hydrogens is 267 g/mol. The average molecular weight is 287 g/mol. The van der Waals surface area contributed by atoms with Crippen molar-refractivity contribution in [2.75, 3.05) is 18.5 Å². The highest BCUT2D eigenvalue weighted by atomic mass is 19.4. The molecule has 0 atom stereocenters. The van der Waals surface area contributed by atoms with Crippen molar-refractivity contribution in [2.24, 2.45) is 0 Å². The van der Waals surface area contributed by atoms with Crippen LogP contribution in [0.3, 0.4) is 0 Å². The lowest BCUT2D eigenvalue weighted by Gasteiger charge is -2.22. The summed E-state index contributed by atoms with van der Waals surface area (Å²) in [6, 6.07) is 5.07. The van der Waals surface area contributed by atoms with Gasteiger partial charge in [0.2, 0.25) is 0 Å². The van der Waals surface area contributed by atoms with Gasteiger partial charge >= 0.3 is 6.18 Å². The summed E-state index contributed by atoms with van der Waals surface area (Å²) in [4.78, 5) is 0. The van der Waals surface area contributed by atoms with Gasteiger partial charge in [-0.2, -0.15) is 13.2 Å². The van der Waals surface area contributed by atoms with Gasteiger partial charge in [-0.1, -0.05) is 19.3 Å². The molecule has 0 unspecified atom stereocenters. The molecule has 1 aromatic rings. The van der Waals surface area contributed by atoms with Crippen molar-refractivity contribution >= 4 is 5.69 Å². The second kappa shape index (κ2) is 6.97. The number of ether oxygens (including phenoxy) is 1. The third-order valence-electron chi connectivity index (χ3n) is 3.55. The van der Waals surface area contributed by atoms with Crippen LogP contribution in [0.25, 0.3) is 0 Å². The Morgan fingerprint density at radius 1 is 1.05 bits per heavy atom. The maximum absolute atomic E-state index is 12.4. The fourth-order valence-corrected chi connectivity index (χ4v) is 2.43. The smallest absolute Gasteiger partial charge is 0.383 e. The molecule has 0 aliphatic heterocycles. The van der Waals surface area contributed by atoms with Crippen LogP contribution in [0.5, 0.6) is 0 Å². The molecule has 112 valence electrons. The van der Waals surface area contributed by atoms with Gasteiger partial charge in [0, 0.05) is 12.2 Å². The topological polar surface area (TPSA) is 21.3 Å². The zero-order valence-electron chi connectivity index (χ0n) is 11.4. The number of hydrogen-bond donors (Lipinski definition) is 1. The summed E-state index contributed by atoms with van der Waals surface area (Å²) in [5.74, 6) is 0. The molecule has 1 aliphatic carbocycles. The maximum atomic E-state index is 12.4. The standard InChI is InChI=1S/C15H20F3NO/c16-15(17,18)12-6-8-13(9-7-12)19-10-11-20-14-4-2-1-3-5-14/h6-9,14,19H,1-5,10-11H2. The predicted octanol–water partition coefficient (Wildman–Crippen LogP) is 4.47. The Hall–Kier alpha value is -1.23. The van der Waals surface area contributed by atoms with Gasteiger partial charge in [0.25, 0.3) is 0 Å². The van der Waals surface area contributed by atoms with Gasteiger partial charge in [-0.3, -0.25) is 0 Å². The van der Waals surface area contributed by atoms with Gasteiger partial charge in [-0.15, -0.1) is 0 Å². The lowest BCUT2D eigenvalue weighted by molar-refractivity contribution is -0.137. The van der Waals surface area contributed by atoms with Crippen LogP contribution in [0.4, 0.5) is 18.9 Å². The highest BCUT2D eigenvalue weighted by Crippen LogP contribution is 2.29. The number of halogens is 3. The summed E-state index contributed by atoms with van der Waals surface area (Å²) in [5, 5.41) is 3.07. The molecule has 2 rings (SSSR count). The van der Waals surface area contributed by atoms with Gasteiger partial charge in [-0.25, -0.2) is 0 Å². The van der Waals surface area contributed by atoms with Crippen molar-refractivity contribution in [3.05, 3.63) is 29.8 Å². The van der Waals surface area contributed by atoms with Crippen molar-refractivity contribution in [1.29, 1.82) is 0 Å². The van der Waals surface area contributed by atoms with Crippen LogP contribution in [-0.2, 0) is 10.9 Å². The Labute approximate surface area is 117 Å². The molecule has 1 fully saturated rings. The van der Waals surface area contributed by atoms with Crippen LogP contribution >= 0.6 is 0 Å². The van der Waals surface area contributed by atoms with E-state index in [1.165, 1.54) is 31.4 Å². The van der Waals surface area contributed by atoms with Crippen LogP contribution in [0.1, 0.15) is 37.7 Å². The fourth-order valence-electron chi connectivity index (χ4n) is 2.43. The first-order valence-corrected chi connectivity index (χ1v) is 7.08. The van der Waals surface area contributed by atoms with E-state index in [1.807, 2.05) is 0 Å². The van der Waals surface area contributed by atoms with Gasteiger partial charge in [0.1, 0.15) is 0 Å². The SMILES string of the molecule is FC(F)(F)c1ccc(NCCOC2CCCCC2)cc1. The summed E-state index contributed by atoms with van der Waals surface area (Å²) in [7, 11) is 0. The van der Waals surface area contributed by atoms with Crippen molar-refractivity contribution in [3.8, 4) is 0 Å². The zero-order valence-corrected chi connectivity index (χ0v) is 11.4. The molecule has 1 N–H and O–H groups in total. The molecule has 1 aliphatic rings. The quantitative estimate of drug-likeness (QED) is 0.807. The maximum Gasteiger partial charge on any atom is 0.416 e. The first-order valence-electron chi connectivity index (χ1n) is 7.08. The van der Waals surface area contributed by atoms with Gasteiger partial charge < -0.3 is 10.1 Å². The molecule has 0 heterocycles. The summed E-state index contributed by atoms with van der Waals surface area (Å²) in [6.07, 6.45) is 2.10. The van der Waals surface area contributed by atoms with E-state index in [9.17, 15) is 13.2 Å². The minimum Gasteiger partial charge on any atom is -0.383 e. The van der Waals surface area contributed by atoms with E-state index in [0.717, 1.165) is 25.0 Å². The largest absolute Gasteiger partial charge is 0.416 e. The molecule has 1 saturated carbocycles. The highest BCUT2D eigenvalue weighted by molar-refractivity contribution is 5.45. The molecule has 1 aromatic carbocycles. The van der Waals surface area contributed by atoms with Crippen LogP contribution in [0.2, 0.25) is 0 Å². The Morgan fingerprint density at radius 2 is 1.70 bits per heavy atom. The Morgan fingerprint density at radius 3 is 2.30 bits per heavy atom. The predicted molar refractivity (Wildman–Crippen MR) is 72.8 cm³/mol. The second-order valence-corrected chi connectivity index (χ2v) is 5.13. The van der Waals surface area contributed by atoms with Crippen molar-refractivity contribution in [3.63, 3.8) is 0 Å². The average Bonchev–Trinajstić information content (AvgIpc) is 2.44. The van der Waals surface area contributed by atoms with E-state index < -0.39 is 11.7 Å². The molecule has 2 nitrogen and oxygen atoms in total. The summed E-state index contributed by atoms with van der Waals surface area (Å²) >= 11 is 0. The third-order valence-corrected chi connectivity index (χ3v) is 3.55. The van der Waals surface area contributed by atoms with Crippen molar-refractivity contribution in [2.45, 2.75) is 44.4 Å². The summed E-state index contributed by atoms with van der Waals surface area (Å²) < 4.78 is 42.9. The van der Waals surface area contributed by atoms with Crippen LogP contribution in [-0.4, -0.2) is 19.3 Å². The first kappa shape index (κ1) is 15.2. The van der Waals surface area contributed by atoms with E-state index in [4.69, 9.17) is 4.74 Å². The molecule has 20 heavy (non-hydrogen) atoms. The number of nitrogens with one attached hydrogen (secondary N) is 1. The summed E-state index contributed by atoms with van der Waals surface area (Å²) in [5.41, 5.74) is 0.0618. The number of anilines is 1. The van der Waals surface area contributed by atoms with E-state index in [2.05, 4.69) is 5.32 Å². The first-order chi connectivity index (χ1) is 9.55. The minimum atomic E-state index is -4.28. The van der Waals surface area contributed by atoms with Crippen LogP contribution in [0.15, 0.2) is 24.3 Å². The molecule has 0 saturated heterocycles. The van der Waals surface area contributed by atoms with E-state index in [0.29, 0.717) is 24.9 Å². The van der Waals surface area contributed by atoms with Gasteiger partial charge in [-0.05, 0) is 37.1 Å². The molecule has 0 aromatic heterocycles. The zero-order chi connectivity index (χ0) is 14.4. The van der Waals surface area contributed by atoms with E-state index in [-0.39, 0.29) is 0 Å². The minimum absolute atomic E-state index is 0.359. The number of rotatable bonds is 5. The second-order valence-electron chi connectivity index (χ2n) is 5.13. The van der Waals surface area contributed by atoms with Gasteiger partial charge in [0.05, 0.1) is 18.3 Å². The molecule has 5 heteroatoms. The molecule has 0 radical (unpaired) electrons. The van der Waals surface area contributed by atoms with Crippen LogP contribution in [0, 0.1) is 0 Å². The Bertz CT molecular complexity index is 397. The lowest BCUT2D eigenvalue weighted by atomic mass is 9.98. The Balaban J connectivity index is 1.68. The molecule has 0 amide bonds. The lowest BCUT2D eigenvalue weighted by Crippen LogP contribution is -2.20. The van der Waals surface area contributed by atoms with E-state index >= 15 is 0 Å². The van der Waals surface area contributed by atoms with Gasteiger partial charge in [0.15, 0.2) is 0 Å². The number of alkyl halides is 3. The van der Waals surface area contributed by atoms with Crippen molar-refractivity contribution < 1.29 is 17.9 Å². The Kier molecular flexibility index (Phi) is 5.29. The third kappa shape index (κ3) is 4.71. The summed E-state index contributed by atoms with van der Waals surface area (Å²) in [6.45, 7) is 1.20. The molecular formula is C15H20F3NO. The molecule has 0 spiro atoms. The van der Waals surface area contributed by atoms with Crippen LogP contribution < -0.4 is 5.32 Å². The highest BCUT2D eigenvalue weighted by Gasteiger charge is 2.29.